The molecule has 1 amide bonds. The second kappa shape index (κ2) is 3.11. The summed E-state index contributed by atoms with van der Waals surface area (Å²) in [6, 6.07) is -0.414. The second-order valence-corrected chi connectivity index (χ2v) is 2.06. The number of nitrogens with one attached hydrogen (secondary N) is 1. The fraction of sp³-hybridized carbons (Fsp3) is 0.400. The minimum absolute atomic E-state index is 0.296. The first-order valence-corrected chi connectivity index (χ1v) is 3.10. The highest BCUT2D eigenvalue weighted by atomic mass is 16.2. The smallest absolute Gasteiger partial charge is 0.258 e. The molecule has 0 aliphatic rings. The van der Waals surface area contributed by atoms with E-state index in [-0.39, 0.29) is 5.91 Å². The molecule has 0 spiro atoms. The van der Waals surface area contributed by atoms with Crippen molar-refractivity contribution in [3.05, 3.63) is 12.7 Å². The molecule has 0 saturated heterocycles. The molecule has 0 radical (unpaired) electrons. The molecule has 1 atom stereocenters. The highest BCUT2D eigenvalue weighted by Gasteiger charge is 2.12. The van der Waals surface area contributed by atoms with E-state index in [2.05, 4.69) is 10.1 Å². The van der Waals surface area contributed by atoms with Gasteiger partial charge in [-0.3, -0.25) is 10.2 Å². The van der Waals surface area contributed by atoms with Crippen molar-refractivity contribution < 1.29 is 4.79 Å². The van der Waals surface area contributed by atoms with E-state index in [1.54, 1.807) is 6.92 Å². The summed E-state index contributed by atoms with van der Waals surface area (Å²) < 4.78 is 1.42. The van der Waals surface area contributed by atoms with Crippen LogP contribution in [0.5, 0.6) is 0 Å². The number of hydrogen-bond donors (Lipinski definition) is 2. The summed E-state index contributed by atoms with van der Waals surface area (Å²) in [5, 5.41) is 3.77. The molecule has 0 fully saturated rings. The van der Waals surface area contributed by atoms with Crippen LogP contribution in [0.15, 0.2) is 12.7 Å². The standard InChI is InChI=1S/C5H9N5O/c1-4(5(11)9-6)10-3-7-2-8-10/h2-4H,6H2,1H3,(H,9,11). The van der Waals surface area contributed by atoms with E-state index in [0.29, 0.717) is 0 Å². The Kier molecular flexibility index (Phi) is 2.17. The maximum Gasteiger partial charge on any atom is 0.258 e. The predicted octanol–water partition coefficient (Wildman–Crippen LogP) is -1.17. The molecule has 1 heterocycles. The van der Waals surface area contributed by atoms with E-state index >= 15 is 0 Å². The number of rotatable bonds is 2. The number of amides is 1. The molecule has 1 aromatic heterocycles. The number of hydrazine groups is 1. The van der Waals surface area contributed by atoms with Gasteiger partial charge >= 0.3 is 0 Å². The van der Waals surface area contributed by atoms with Gasteiger partial charge in [0.05, 0.1) is 0 Å². The third kappa shape index (κ3) is 1.53. The summed E-state index contributed by atoms with van der Waals surface area (Å²) in [5.74, 6) is 4.62. The van der Waals surface area contributed by atoms with Gasteiger partial charge in [-0.05, 0) is 6.92 Å². The third-order valence-corrected chi connectivity index (χ3v) is 1.36. The van der Waals surface area contributed by atoms with Gasteiger partial charge in [0.25, 0.3) is 5.91 Å². The molecule has 0 aliphatic carbocycles. The lowest BCUT2D eigenvalue weighted by Crippen LogP contribution is -2.36. The molecule has 1 rings (SSSR count). The van der Waals surface area contributed by atoms with Crippen LogP contribution < -0.4 is 11.3 Å². The van der Waals surface area contributed by atoms with Gasteiger partial charge in [-0.2, -0.15) is 5.10 Å². The minimum atomic E-state index is -0.414. The van der Waals surface area contributed by atoms with Crippen LogP contribution in [-0.4, -0.2) is 20.7 Å². The topological polar surface area (TPSA) is 85.8 Å². The lowest BCUT2D eigenvalue weighted by molar-refractivity contribution is -0.124. The van der Waals surface area contributed by atoms with Crippen LogP contribution in [0.1, 0.15) is 13.0 Å². The zero-order chi connectivity index (χ0) is 8.27. The summed E-state index contributed by atoms with van der Waals surface area (Å²) in [6.45, 7) is 1.68. The van der Waals surface area contributed by atoms with E-state index in [4.69, 9.17) is 5.84 Å². The normalized spacial score (nSPS) is 12.5. The number of hydrogen-bond acceptors (Lipinski definition) is 4. The summed E-state index contributed by atoms with van der Waals surface area (Å²) in [5.41, 5.74) is 2.03. The van der Waals surface area contributed by atoms with E-state index < -0.39 is 6.04 Å². The number of nitrogens with zero attached hydrogens (tertiary/aromatic N) is 3. The Labute approximate surface area is 63.4 Å². The van der Waals surface area contributed by atoms with E-state index in [1.807, 2.05) is 5.43 Å². The van der Waals surface area contributed by atoms with Crippen LogP contribution in [0.4, 0.5) is 0 Å². The zero-order valence-electron chi connectivity index (χ0n) is 6.06. The molecule has 0 aliphatic heterocycles. The van der Waals surface area contributed by atoms with Gasteiger partial charge in [0, 0.05) is 0 Å². The van der Waals surface area contributed by atoms with Crippen molar-refractivity contribution in [2.75, 3.05) is 0 Å². The average Bonchev–Trinajstić information content (AvgIpc) is 2.53. The largest absolute Gasteiger partial charge is 0.292 e. The molecule has 6 nitrogen and oxygen atoms in total. The van der Waals surface area contributed by atoms with Crippen LogP contribution >= 0.6 is 0 Å². The van der Waals surface area contributed by atoms with E-state index in [1.165, 1.54) is 17.3 Å². The highest BCUT2D eigenvalue weighted by Crippen LogP contribution is 1.99. The number of aromatic nitrogens is 3. The lowest BCUT2D eigenvalue weighted by Gasteiger charge is -2.07. The third-order valence-electron chi connectivity index (χ3n) is 1.36. The Bertz CT molecular complexity index is 231. The maximum absolute atomic E-state index is 10.9. The van der Waals surface area contributed by atoms with Crippen molar-refractivity contribution in [2.24, 2.45) is 5.84 Å². The highest BCUT2D eigenvalue weighted by molar-refractivity contribution is 5.78. The first kappa shape index (κ1) is 7.67. The van der Waals surface area contributed by atoms with Crippen molar-refractivity contribution in [1.82, 2.24) is 20.2 Å². The summed E-state index contributed by atoms with van der Waals surface area (Å²) in [6.07, 6.45) is 2.82. The van der Waals surface area contributed by atoms with Crippen molar-refractivity contribution >= 4 is 5.91 Å². The summed E-state index contributed by atoms with van der Waals surface area (Å²) in [7, 11) is 0. The molecular formula is C5H9N5O. The number of carbonyl (C=O) groups excluding carboxylic acids is 1. The van der Waals surface area contributed by atoms with Gasteiger partial charge < -0.3 is 0 Å². The monoisotopic (exact) mass is 155 g/mol. The molecule has 60 valence electrons. The van der Waals surface area contributed by atoms with Crippen LogP contribution in [0.3, 0.4) is 0 Å². The van der Waals surface area contributed by atoms with Crippen molar-refractivity contribution in [3.8, 4) is 0 Å². The van der Waals surface area contributed by atoms with E-state index in [9.17, 15) is 4.79 Å². The molecule has 0 bridgehead atoms. The van der Waals surface area contributed by atoms with Crippen molar-refractivity contribution in [2.45, 2.75) is 13.0 Å². The fourth-order valence-corrected chi connectivity index (χ4v) is 0.658. The fourth-order valence-electron chi connectivity index (χ4n) is 0.658. The quantitative estimate of drug-likeness (QED) is 0.320. The molecule has 11 heavy (non-hydrogen) atoms. The first-order valence-electron chi connectivity index (χ1n) is 3.10. The van der Waals surface area contributed by atoms with Crippen molar-refractivity contribution in [3.63, 3.8) is 0 Å². The SMILES string of the molecule is CC(C(=O)NN)n1cncn1. The van der Waals surface area contributed by atoms with Gasteiger partial charge in [-0.25, -0.2) is 15.5 Å². The van der Waals surface area contributed by atoms with Crippen LogP contribution in [-0.2, 0) is 4.79 Å². The Hall–Kier alpha value is -1.43. The Morgan fingerprint density at radius 3 is 3.00 bits per heavy atom. The number of carbonyl (C=O) groups is 1. The Balaban J connectivity index is 2.70. The molecule has 6 heteroatoms. The molecule has 1 unspecified atom stereocenters. The predicted molar refractivity (Wildman–Crippen MR) is 37.1 cm³/mol. The van der Waals surface area contributed by atoms with Gasteiger partial charge in [0.1, 0.15) is 18.7 Å². The van der Waals surface area contributed by atoms with Gasteiger partial charge in [0.2, 0.25) is 0 Å². The van der Waals surface area contributed by atoms with Crippen molar-refractivity contribution in [1.29, 1.82) is 0 Å². The minimum Gasteiger partial charge on any atom is -0.292 e. The van der Waals surface area contributed by atoms with E-state index in [0.717, 1.165) is 0 Å². The summed E-state index contributed by atoms with van der Waals surface area (Å²) in [4.78, 5) is 14.6. The molecular weight excluding hydrogens is 146 g/mol. The second-order valence-electron chi connectivity index (χ2n) is 2.06. The summed E-state index contributed by atoms with van der Waals surface area (Å²) >= 11 is 0. The van der Waals surface area contributed by atoms with Crippen LogP contribution in [0, 0.1) is 0 Å². The van der Waals surface area contributed by atoms with Crippen LogP contribution in [0.2, 0.25) is 0 Å². The lowest BCUT2D eigenvalue weighted by atomic mass is 10.3. The molecule has 1 aromatic rings. The molecule has 3 N–H and O–H groups in total. The van der Waals surface area contributed by atoms with Gasteiger partial charge in [0.15, 0.2) is 0 Å². The average molecular weight is 155 g/mol. The van der Waals surface area contributed by atoms with Gasteiger partial charge in [-0.15, -0.1) is 0 Å². The number of nitrogens with two attached hydrogens (primary N) is 1. The van der Waals surface area contributed by atoms with Gasteiger partial charge in [-0.1, -0.05) is 0 Å². The zero-order valence-corrected chi connectivity index (χ0v) is 6.06. The maximum atomic E-state index is 10.9. The molecule has 0 saturated carbocycles. The Morgan fingerprint density at radius 2 is 2.55 bits per heavy atom. The van der Waals surface area contributed by atoms with Crippen LogP contribution in [0.25, 0.3) is 0 Å². The molecule has 0 aromatic carbocycles. The Morgan fingerprint density at radius 1 is 1.82 bits per heavy atom. The first-order chi connectivity index (χ1) is 5.25.